The lowest BCUT2D eigenvalue weighted by molar-refractivity contribution is -0.0973. The summed E-state index contributed by atoms with van der Waals surface area (Å²) in [4.78, 5) is 0. The fourth-order valence-corrected chi connectivity index (χ4v) is 2.39. The predicted octanol–water partition coefficient (Wildman–Crippen LogP) is 1.76. The van der Waals surface area contributed by atoms with E-state index in [1.165, 1.54) is 0 Å². The second-order valence-corrected chi connectivity index (χ2v) is 5.98. The molecule has 3 atom stereocenters. The van der Waals surface area contributed by atoms with Crippen LogP contribution in [0.5, 0.6) is 0 Å². The second kappa shape index (κ2) is 5.48. The van der Waals surface area contributed by atoms with Gasteiger partial charge in [-0.15, -0.1) is 0 Å². The van der Waals surface area contributed by atoms with E-state index in [9.17, 15) is 0 Å². The number of nitrogens with one attached hydrogen (secondary N) is 1. The predicted molar refractivity (Wildman–Crippen MR) is 68.4 cm³/mol. The van der Waals surface area contributed by atoms with Crippen molar-refractivity contribution in [3.63, 3.8) is 0 Å². The number of nitrogens with two attached hydrogens (primary N) is 1. The van der Waals surface area contributed by atoms with E-state index in [1.54, 1.807) is 7.11 Å². The molecule has 1 aliphatic carbocycles. The highest BCUT2D eigenvalue weighted by molar-refractivity contribution is 5.02. The molecule has 3 N–H and O–H groups in total. The van der Waals surface area contributed by atoms with Crippen LogP contribution in [-0.2, 0) is 4.74 Å². The van der Waals surface area contributed by atoms with Crippen molar-refractivity contribution in [3.05, 3.63) is 0 Å². The molecular weight excluding hydrogens is 200 g/mol. The quantitative estimate of drug-likeness (QED) is 0.728. The lowest BCUT2D eigenvalue weighted by atomic mass is 9.64. The first kappa shape index (κ1) is 13.9. The third kappa shape index (κ3) is 2.96. The molecule has 0 aromatic rings. The summed E-state index contributed by atoms with van der Waals surface area (Å²) >= 11 is 0. The molecule has 0 saturated heterocycles. The van der Waals surface area contributed by atoms with E-state index in [4.69, 9.17) is 10.5 Å². The largest absolute Gasteiger partial charge is 0.381 e. The van der Waals surface area contributed by atoms with Crippen LogP contribution in [0.25, 0.3) is 0 Å². The Balaban J connectivity index is 2.21. The minimum absolute atomic E-state index is 0.261. The van der Waals surface area contributed by atoms with Gasteiger partial charge in [0.15, 0.2) is 0 Å². The highest BCUT2D eigenvalue weighted by atomic mass is 16.5. The smallest absolute Gasteiger partial charge is 0.0652 e. The Morgan fingerprint density at radius 1 is 1.44 bits per heavy atom. The van der Waals surface area contributed by atoms with Crippen LogP contribution < -0.4 is 11.1 Å². The van der Waals surface area contributed by atoms with Gasteiger partial charge in [-0.2, -0.15) is 0 Å². The van der Waals surface area contributed by atoms with Gasteiger partial charge in [-0.3, -0.25) is 0 Å². The Hall–Kier alpha value is -0.120. The zero-order valence-electron chi connectivity index (χ0n) is 11.4. The molecule has 0 amide bonds. The molecule has 1 fully saturated rings. The lowest BCUT2D eigenvalue weighted by Crippen LogP contribution is -2.61. The van der Waals surface area contributed by atoms with Gasteiger partial charge >= 0.3 is 0 Å². The highest BCUT2D eigenvalue weighted by Gasteiger charge is 2.47. The molecule has 0 aromatic carbocycles. The van der Waals surface area contributed by atoms with E-state index in [0.29, 0.717) is 24.1 Å². The van der Waals surface area contributed by atoms with E-state index in [-0.39, 0.29) is 5.41 Å². The van der Waals surface area contributed by atoms with Gasteiger partial charge in [0.1, 0.15) is 0 Å². The normalized spacial score (nSPS) is 30.2. The fourth-order valence-electron chi connectivity index (χ4n) is 2.39. The maximum atomic E-state index is 6.02. The van der Waals surface area contributed by atoms with Gasteiger partial charge in [0.05, 0.1) is 6.10 Å². The number of hydrogen-bond donors (Lipinski definition) is 2. The molecule has 0 spiro atoms. The van der Waals surface area contributed by atoms with Crippen LogP contribution in [0.1, 0.15) is 40.5 Å². The van der Waals surface area contributed by atoms with E-state index in [2.05, 4.69) is 33.0 Å². The van der Waals surface area contributed by atoms with Crippen molar-refractivity contribution in [1.29, 1.82) is 0 Å². The highest BCUT2D eigenvalue weighted by Crippen LogP contribution is 2.42. The summed E-state index contributed by atoms with van der Waals surface area (Å²) in [7, 11) is 1.80. The summed E-state index contributed by atoms with van der Waals surface area (Å²) in [5.74, 6) is 0.572. The van der Waals surface area contributed by atoms with Gasteiger partial charge in [0, 0.05) is 24.6 Å². The molecule has 1 saturated carbocycles. The van der Waals surface area contributed by atoms with Crippen LogP contribution in [0, 0.1) is 11.3 Å². The Bertz CT molecular complexity index is 216. The molecule has 0 radical (unpaired) electrons. The molecule has 3 heteroatoms. The molecule has 16 heavy (non-hydrogen) atoms. The summed E-state index contributed by atoms with van der Waals surface area (Å²) in [5.41, 5.74) is 6.28. The van der Waals surface area contributed by atoms with Gasteiger partial charge in [0.2, 0.25) is 0 Å². The van der Waals surface area contributed by atoms with Crippen molar-refractivity contribution in [3.8, 4) is 0 Å². The first-order valence-electron chi connectivity index (χ1n) is 6.41. The third-order valence-corrected chi connectivity index (χ3v) is 4.19. The van der Waals surface area contributed by atoms with Gasteiger partial charge in [-0.25, -0.2) is 0 Å². The van der Waals surface area contributed by atoms with Crippen LogP contribution in [-0.4, -0.2) is 31.8 Å². The van der Waals surface area contributed by atoms with Gasteiger partial charge < -0.3 is 15.8 Å². The first-order valence-corrected chi connectivity index (χ1v) is 6.41. The molecule has 0 heterocycles. The van der Waals surface area contributed by atoms with Gasteiger partial charge in [-0.1, -0.05) is 27.7 Å². The molecule has 0 bridgehead atoms. The van der Waals surface area contributed by atoms with Crippen molar-refractivity contribution < 1.29 is 4.74 Å². The van der Waals surface area contributed by atoms with Crippen molar-refractivity contribution in [2.45, 2.75) is 58.7 Å². The summed E-state index contributed by atoms with van der Waals surface area (Å²) in [6.45, 7) is 9.91. The Kier molecular flexibility index (Phi) is 4.77. The van der Waals surface area contributed by atoms with Crippen LogP contribution >= 0.6 is 0 Å². The average Bonchev–Trinajstić information content (AvgIpc) is 2.21. The lowest BCUT2D eigenvalue weighted by Gasteiger charge is -2.51. The van der Waals surface area contributed by atoms with E-state index < -0.39 is 0 Å². The van der Waals surface area contributed by atoms with Crippen molar-refractivity contribution in [1.82, 2.24) is 5.32 Å². The van der Waals surface area contributed by atoms with Crippen LogP contribution in [0.2, 0.25) is 0 Å². The second-order valence-electron chi connectivity index (χ2n) is 5.98. The van der Waals surface area contributed by atoms with E-state index >= 15 is 0 Å². The van der Waals surface area contributed by atoms with E-state index in [0.717, 1.165) is 19.4 Å². The van der Waals surface area contributed by atoms with Crippen molar-refractivity contribution in [2.24, 2.45) is 17.1 Å². The standard InChI is InChI=1S/C13H28N2O/c1-9(2)10(14)6-7-15-11-8-12(16-5)13(11,3)4/h9-12,15H,6-8,14H2,1-5H3. The zero-order valence-corrected chi connectivity index (χ0v) is 11.4. The SMILES string of the molecule is COC1CC(NCCC(N)C(C)C)C1(C)C. The molecule has 3 nitrogen and oxygen atoms in total. The first-order chi connectivity index (χ1) is 7.39. The third-order valence-electron chi connectivity index (χ3n) is 4.19. The van der Waals surface area contributed by atoms with Crippen LogP contribution in [0.15, 0.2) is 0 Å². The Labute approximate surface area is 100 Å². The molecule has 0 aliphatic heterocycles. The number of ether oxygens (including phenoxy) is 1. The molecule has 1 rings (SSSR count). The van der Waals surface area contributed by atoms with Crippen molar-refractivity contribution in [2.75, 3.05) is 13.7 Å². The van der Waals surface area contributed by atoms with Crippen LogP contribution in [0.4, 0.5) is 0 Å². The maximum absolute atomic E-state index is 6.02. The molecular formula is C13H28N2O. The van der Waals surface area contributed by atoms with Gasteiger partial charge in [0.25, 0.3) is 0 Å². The Morgan fingerprint density at radius 2 is 2.06 bits per heavy atom. The van der Waals surface area contributed by atoms with Gasteiger partial charge in [-0.05, 0) is 25.3 Å². The Morgan fingerprint density at radius 3 is 2.50 bits per heavy atom. The van der Waals surface area contributed by atoms with Crippen LogP contribution in [0.3, 0.4) is 0 Å². The topological polar surface area (TPSA) is 47.3 Å². The average molecular weight is 228 g/mol. The summed E-state index contributed by atoms with van der Waals surface area (Å²) in [5, 5.41) is 3.60. The monoisotopic (exact) mass is 228 g/mol. The van der Waals surface area contributed by atoms with E-state index in [1.807, 2.05) is 0 Å². The fraction of sp³-hybridized carbons (Fsp3) is 1.00. The maximum Gasteiger partial charge on any atom is 0.0652 e. The number of methoxy groups -OCH3 is 1. The molecule has 1 aliphatic rings. The minimum Gasteiger partial charge on any atom is -0.381 e. The zero-order chi connectivity index (χ0) is 12.3. The number of hydrogen-bond acceptors (Lipinski definition) is 3. The molecule has 0 aromatic heterocycles. The minimum atomic E-state index is 0.261. The van der Waals surface area contributed by atoms with Crippen molar-refractivity contribution >= 4 is 0 Å². The number of rotatable bonds is 6. The molecule has 3 unspecified atom stereocenters. The summed E-state index contributed by atoms with van der Waals surface area (Å²) < 4.78 is 5.43. The summed E-state index contributed by atoms with van der Waals surface area (Å²) in [6, 6.07) is 0.894. The molecule has 96 valence electrons. The summed E-state index contributed by atoms with van der Waals surface area (Å²) in [6.07, 6.45) is 2.59.